The van der Waals surface area contributed by atoms with Gasteiger partial charge in [-0.3, -0.25) is 0 Å². The highest BCUT2D eigenvalue weighted by molar-refractivity contribution is 5.70. The number of amides is 1. The summed E-state index contributed by atoms with van der Waals surface area (Å²) in [6, 6.07) is 0. The zero-order chi connectivity index (χ0) is 12.3. The van der Waals surface area contributed by atoms with Gasteiger partial charge in [0, 0.05) is 13.1 Å². The van der Waals surface area contributed by atoms with Gasteiger partial charge in [0.05, 0.1) is 0 Å². The Morgan fingerprint density at radius 3 is 2.69 bits per heavy atom. The van der Waals surface area contributed by atoms with Crippen LogP contribution in [0.15, 0.2) is 36.5 Å². The van der Waals surface area contributed by atoms with Gasteiger partial charge in [0.25, 0.3) is 0 Å². The fourth-order valence-corrected chi connectivity index (χ4v) is 1.38. The standard InChI is InChI=1S/C13H19NO2/c1-6-10(2)11-7-8-14(9-11)12(15)16-13(3,4)5/h6-7H,1-2,8-9H2,3-5H3. The minimum absolute atomic E-state index is 0.282. The molecule has 88 valence electrons. The van der Waals surface area contributed by atoms with E-state index in [-0.39, 0.29) is 6.09 Å². The van der Waals surface area contributed by atoms with E-state index >= 15 is 0 Å². The summed E-state index contributed by atoms with van der Waals surface area (Å²) in [6.45, 7) is 14.2. The highest BCUT2D eigenvalue weighted by atomic mass is 16.6. The Balaban J connectivity index is 2.54. The highest BCUT2D eigenvalue weighted by Gasteiger charge is 2.25. The normalized spacial score (nSPS) is 15.7. The molecular weight excluding hydrogens is 202 g/mol. The SMILES string of the molecule is C=CC(=C)C1=CCN(C(=O)OC(C)(C)C)C1. The summed E-state index contributed by atoms with van der Waals surface area (Å²) in [6.07, 6.45) is 3.40. The first-order valence-electron chi connectivity index (χ1n) is 5.32. The van der Waals surface area contributed by atoms with E-state index in [1.165, 1.54) is 0 Å². The second kappa shape index (κ2) is 4.56. The first kappa shape index (κ1) is 12.6. The number of hydrogen-bond acceptors (Lipinski definition) is 2. The molecule has 0 N–H and O–H groups in total. The molecular formula is C13H19NO2. The molecule has 1 aliphatic heterocycles. The summed E-state index contributed by atoms with van der Waals surface area (Å²) in [5.74, 6) is 0. The molecule has 0 aromatic rings. The maximum Gasteiger partial charge on any atom is 0.410 e. The average molecular weight is 221 g/mol. The molecule has 0 atom stereocenters. The van der Waals surface area contributed by atoms with Gasteiger partial charge in [0.15, 0.2) is 0 Å². The van der Waals surface area contributed by atoms with E-state index in [0.29, 0.717) is 13.1 Å². The molecule has 0 aromatic carbocycles. The first-order valence-corrected chi connectivity index (χ1v) is 5.32. The maximum atomic E-state index is 11.7. The van der Waals surface area contributed by atoms with Crippen LogP contribution in [0.4, 0.5) is 4.79 Å². The van der Waals surface area contributed by atoms with Gasteiger partial charge >= 0.3 is 6.09 Å². The van der Waals surface area contributed by atoms with E-state index in [9.17, 15) is 4.79 Å². The summed E-state index contributed by atoms with van der Waals surface area (Å²) in [4.78, 5) is 13.4. The van der Waals surface area contributed by atoms with Gasteiger partial charge in [-0.25, -0.2) is 4.79 Å². The topological polar surface area (TPSA) is 29.5 Å². The molecule has 0 saturated carbocycles. The Kier molecular flexibility index (Phi) is 3.58. The molecule has 0 radical (unpaired) electrons. The zero-order valence-electron chi connectivity index (χ0n) is 10.2. The molecule has 0 saturated heterocycles. The van der Waals surface area contributed by atoms with Crippen molar-refractivity contribution in [2.75, 3.05) is 13.1 Å². The molecule has 16 heavy (non-hydrogen) atoms. The van der Waals surface area contributed by atoms with E-state index in [1.807, 2.05) is 26.8 Å². The van der Waals surface area contributed by atoms with E-state index in [1.54, 1.807) is 11.0 Å². The van der Waals surface area contributed by atoms with Crippen LogP contribution < -0.4 is 0 Å². The molecule has 0 aromatic heterocycles. The van der Waals surface area contributed by atoms with Crippen molar-refractivity contribution in [2.45, 2.75) is 26.4 Å². The zero-order valence-corrected chi connectivity index (χ0v) is 10.2. The number of carbonyl (C=O) groups excluding carboxylic acids is 1. The number of hydrogen-bond donors (Lipinski definition) is 0. The predicted molar refractivity (Wildman–Crippen MR) is 65.2 cm³/mol. The van der Waals surface area contributed by atoms with Crippen LogP contribution in [0.3, 0.4) is 0 Å². The number of nitrogens with zero attached hydrogens (tertiary/aromatic N) is 1. The van der Waals surface area contributed by atoms with E-state index in [4.69, 9.17) is 4.74 Å². The third-order valence-corrected chi connectivity index (χ3v) is 2.23. The van der Waals surface area contributed by atoms with Crippen LogP contribution in [0.2, 0.25) is 0 Å². The van der Waals surface area contributed by atoms with E-state index < -0.39 is 5.60 Å². The molecule has 1 heterocycles. The summed E-state index contributed by atoms with van der Waals surface area (Å²) in [7, 11) is 0. The second-order valence-corrected chi connectivity index (χ2v) is 4.82. The molecule has 1 rings (SSSR count). The lowest BCUT2D eigenvalue weighted by Crippen LogP contribution is -2.35. The molecule has 1 aliphatic rings. The summed E-state index contributed by atoms with van der Waals surface area (Å²) in [5, 5.41) is 0. The van der Waals surface area contributed by atoms with E-state index in [2.05, 4.69) is 13.2 Å². The van der Waals surface area contributed by atoms with Gasteiger partial charge in [-0.2, -0.15) is 0 Å². The number of rotatable bonds is 2. The molecule has 0 spiro atoms. The lowest BCUT2D eigenvalue weighted by atomic mass is 10.1. The average Bonchev–Trinajstić information content (AvgIpc) is 2.62. The van der Waals surface area contributed by atoms with Gasteiger partial charge in [-0.1, -0.05) is 25.3 Å². The van der Waals surface area contributed by atoms with Crippen molar-refractivity contribution in [1.29, 1.82) is 0 Å². The van der Waals surface area contributed by atoms with Crippen molar-refractivity contribution in [3.63, 3.8) is 0 Å². The van der Waals surface area contributed by atoms with Crippen LogP contribution in [0.25, 0.3) is 0 Å². The summed E-state index contributed by atoms with van der Waals surface area (Å²) >= 11 is 0. The molecule has 3 nitrogen and oxygen atoms in total. The number of allylic oxidation sites excluding steroid dienone is 1. The number of ether oxygens (including phenoxy) is 1. The molecule has 0 aliphatic carbocycles. The van der Waals surface area contributed by atoms with Crippen LogP contribution in [0, 0.1) is 0 Å². The van der Waals surface area contributed by atoms with Gasteiger partial charge < -0.3 is 9.64 Å². The lowest BCUT2D eigenvalue weighted by Gasteiger charge is -2.24. The Labute approximate surface area is 97.1 Å². The van der Waals surface area contributed by atoms with Gasteiger partial charge in [0.2, 0.25) is 0 Å². The minimum atomic E-state index is -0.449. The van der Waals surface area contributed by atoms with Crippen LogP contribution in [-0.2, 0) is 4.74 Å². The number of carbonyl (C=O) groups is 1. The quantitative estimate of drug-likeness (QED) is 0.671. The van der Waals surface area contributed by atoms with Gasteiger partial charge in [-0.15, -0.1) is 0 Å². The minimum Gasteiger partial charge on any atom is -0.444 e. The van der Waals surface area contributed by atoms with Crippen molar-refractivity contribution in [2.24, 2.45) is 0 Å². The van der Waals surface area contributed by atoms with Crippen molar-refractivity contribution >= 4 is 6.09 Å². The molecule has 1 amide bonds. The van der Waals surface area contributed by atoms with Crippen molar-refractivity contribution in [3.05, 3.63) is 36.5 Å². The van der Waals surface area contributed by atoms with E-state index in [0.717, 1.165) is 11.1 Å². The Bertz CT molecular complexity index is 347. The fourth-order valence-electron chi connectivity index (χ4n) is 1.38. The van der Waals surface area contributed by atoms with Crippen LogP contribution in [-0.4, -0.2) is 29.7 Å². The molecule has 3 heteroatoms. The van der Waals surface area contributed by atoms with Crippen LogP contribution >= 0.6 is 0 Å². The highest BCUT2D eigenvalue weighted by Crippen LogP contribution is 2.19. The third kappa shape index (κ3) is 3.26. The molecule has 0 bridgehead atoms. The van der Waals surface area contributed by atoms with Gasteiger partial charge in [-0.05, 0) is 31.9 Å². The van der Waals surface area contributed by atoms with Crippen LogP contribution in [0.5, 0.6) is 0 Å². The first-order chi connectivity index (χ1) is 7.33. The summed E-state index contributed by atoms with van der Waals surface area (Å²) in [5.41, 5.74) is 1.46. The lowest BCUT2D eigenvalue weighted by molar-refractivity contribution is 0.0302. The Hall–Kier alpha value is -1.51. The third-order valence-electron chi connectivity index (χ3n) is 2.23. The smallest absolute Gasteiger partial charge is 0.410 e. The van der Waals surface area contributed by atoms with Crippen molar-refractivity contribution in [3.8, 4) is 0 Å². The predicted octanol–water partition coefficient (Wildman–Crippen LogP) is 2.91. The molecule has 0 fully saturated rings. The van der Waals surface area contributed by atoms with Crippen molar-refractivity contribution in [1.82, 2.24) is 4.90 Å². The maximum absolute atomic E-state index is 11.7. The monoisotopic (exact) mass is 221 g/mol. The second-order valence-electron chi connectivity index (χ2n) is 4.82. The fraction of sp³-hybridized carbons (Fsp3) is 0.462. The Morgan fingerprint density at radius 2 is 2.19 bits per heavy atom. The molecule has 0 unspecified atom stereocenters. The largest absolute Gasteiger partial charge is 0.444 e. The van der Waals surface area contributed by atoms with Crippen LogP contribution in [0.1, 0.15) is 20.8 Å². The van der Waals surface area contributed by atoms with Crippen molar-refractivity contribution < 1.29 is 9.53 Å². The van der Waals surface area contributed by atoms with Gasteiger partial charge in [0.1, 0.15) is 5.60 Å². The summed E-state index contributed by atoms with van der Waals surface area (Å²) < 4.78 is 5.28. The Morgan fingerprint density at radius 1 is 1.56 bits per heavy atom.